The van der Waals surface area contributed by atoms with Crippen LogP contribution in [0.25, 0.3) is 21.9 Å². The lowest BCUT2D eigenvalue weighted by Crippen LogP contribution is -2.75. The molecule has 3 aliphatic heterocycles. The van der Waals surface area contributed by atoms with Crippen molar-refractivity contribution in [3.05, 3.63) is 118 Å². The zero-order chi connectivity index (χ0) is 52.4. The van der Waals surface area contributed by atoms with Crippen molar-refractivity contribution in [2.75, 3.05) is 38.0 Å². The fraction of sp³-hybridized carbons (Fsp3) is 0.400. The van der Waals surface area contributed by atoms with Gasteiger partial charge in [0.05, 0.1) is 24.6 Å². The molecule has 18 nitrogen and oxygen atoms in total. The lowest BCUT2D eigenvalue weighted by Gasteiger charge is -2.53. The number of carbonyl (C=O) groups excluding carboxylic acids is 5. The van der Waals surface area contributed by atoms with Crippen LogP contribution in [0.4, 0.5) is 15.3 Å². The van der Waals surface area contributed by atoms with Crippen LogP contribution in [-0.2, 0) is 46.3 Å². The summed E-state index contributed by atoms with van der Waals surface area (Å²) in [6.45, 7) is 6.43. The summed E-state index contributed by atoms with van der Waals surface area (Å²) in [4.78, 5) is 66.3. The molecule has 19 heteroatoms. The summed E-state index contributed by atoms with van der Waals surface area (Å²) in [7, 11) is 2.86. The molecule has 388 valence electrons. The van der Waals surface area contributed by atoms with Gasteiger partial charge in [-0.1, -0.05) is 90.4 Å². The van der Waals surface area contributed by atoms with Crippen LogP contribution in [0.2, 0.25) is 0 Å². The minimum absolute atomic E-state index is 0.0814. The second-order valence-electron chi connectivity index (χ2n) is 19.7. The summed E-state index contributed by atoms with van der Waals surface area (Å²) in [5.41, 5.74) is 5.20. The van der Waals surface area contributed by atoms with E-state index in [4.69, 9.17) is 33.2 Å². The number of ether oxygens (including phenoxy) is 7. The number of alkyl halides is 1. The first-order chi connectivity index (χ1) is 35.5. The molecule has 5 aliphatic rings. The number of halogens is 1. The number of hydrogen-bond acceptors (Lipinski definition) is 14. The van der Waals surface area contributed by atoms with E-state index in [1.165, 1.54) is 21.1 Å². The van der Waals surface area contributed by atoms with Crippen molar-refractivity contribution in [3.63, 3.8) is 0 Å². The normalized spacial score (nSPS) is 23.7. The Bertz CT molecular complexity index is 3070. The van der Waals surface area contributed by atoms with Crippen LogP contribution in [0.3, 0.4) is 0 Å². The van der Waals surface area contributed by atoms with Crippen LogP contribution in [-0.4, -0.2) is 108 Å². The number of ketones is 1. The first-order valence-corrected chi connectivity index (χ1v) is 25.6. The van der Waals surface area contributed by atoms with Gasteiger partial charge in [-0.05, 0) is 84.2 Å². The van der Waals surface area contributed by atoms with E-state index < -0.39 is 72.0 Å². The Labute approximate surface area is 434 Å². The molecular formula is C55H57BrN4O14. The van der Waals surface area contributed by atoms with E-state index >= 15 is 0 Å². The minimum Gasteiger partial charge on any atom is -0.506 e. The van der Waals surface area contributed by atoms with Crippen LogP contribution in [0.1, 0.15) is 89.4 Å². The number of anilines is 1. The third kappa shape index (κ3) is 8.10. The van der Waals surface area contributed by atoms with Gasteiger partial charge in [-0.15, -0.1) is 0 Å². The maximum absolute atomic E-state index is 13.4. The standard InChI is InChI=1S/C55H57BrN4O14/c1-27(2)43(60-52(66)71-24-38-34-14-9-7-12-32(34)33-13-8-10-15-35(33)38)50(64)58-29(4)49(63)59-31-20-18-30(19-21-31)23-70-51(65)57-26-54-53(67,25-56)55(69-6)48(74-54)47(72-54)40-28(3)22-37-42(46(40)73-55)44(62)41-36(45(37)68-5)16-11-17-39(41)61/h7-10,12-15,18-22,27,29,38,43,47-48,62,67H,11,16-17,23-26H2,1-6H3,(H,57,65)(H,58,64)(H,59,63)(H,60,66)/t29-,43-,47?,48+,53+,54+,55?/m0/s1. The van der Waals surface area contributed by atoms with Gasteiger partial charge in [-0.25, -0.2) is 9.59 Å². The smallest absolute Gasteiger partial charge is 0.407 e. The predicted octanol–water partition coefficient (Wildman–Crippen LogP) is 7.34. The van der Waals surface area contributed by atoms with Gasteiger partial charge in [-0.2, -0.15) is 0 Å². The monoisotopic (exact) mass is 1080 g/mol. The zero-order valence-corrected chi connectivity index (χ0v) is 43.2. The quantitative estimate of drug-likeness (QED) is 0.0563. The summed E-state index contributed by atoms with van der Waals surface area (Å²) in [5.74, 6) is -5.27. The SMILES string of the molecule is COc1c2c(c(O)c3c4c(c(C)cc13)C1O[C@]3(CNC(=O)OCc5ccc(NC(=O)[C@H](C)NC(=O)[C@@H](NC(=O)OCC6c7ccccc7-c7ccccc76)C(C)C)cc5)O[C@H]1C(OC)(O4)[C@@]3(O)CBr)C(=O)CCC2. The summed E-state index contributed by atoms with van der Waals surface area (Å²) < 4.78 is 42.9. The Morgan fingerprint density at radius 1 is 0.878 bits per heavy atom. The van der Waals surface area contributed by atoms with E-state index in [-0.39, 0.29) is 65.0 Å². The summed E-state index contributed by atoms with van der Waals surface area (Å²) in [6, 6.07) is 22.4. The number of benzene rings is 5. The highest BCUT2D eigenvalue weighted by atomic mass is 79.9. The predicted molar refractivity (Wildman–Crippen MR) is 272 cm³/mol. The second-order valence-corrected chi connectivity index (χ2v) is 20.3. The van der Waals surface area contributed by atoms with Gasteiger partial charge in [0.1, 0.15) is 48.6 Å². The molecule has 10 rings (SSSR count). The second kappa shape index (κ2) is 19.5. The number of amides is 4. The first kappa shape index (κ1) is 50.7. The topological polar surface area (TPSA) is 239 Å². The van der Waals surface area contributed by atoms with Gasteiger partial charge in [-0.3, -0.25) is 14.4 Å². The van der Waals surface area contributed by atoms with E-state index in [0.717, 1.165) is 22.3 Å². The third-order valence-corrected chi connectivity index (χ3v) is 15.8. The number of nitrogens with one attached hydrogen (secondary N) is 4. The Morgan fingerprint density at radius 3 is 2.22 bits per heavy atom. The zero-order valence-electron chi connectivity index (χ0n) is 41.6. The number of phenolic OH excluding ortho intramolecular Hbond substituents is 1. The maximum atomic E-state index is 13.4. The van der Waals surface area contributed by atoms with Crippen LogP contribution in [0.5, 0.6) is 17.2 Å². The van der Waals surface area contributed by atoms with Gasteiger partial charge in [0, 0.05) is 47.0 Å². The number of aryl methyl sites for hydroxylation is 1. The number of Topliss-reactive ketones (excluding diaryl/α,β-unsaturated/α-hetero) is 1. The first-order valence-electron chi connectivity index (χ1n) is 24.5. The molecule has 0 radical (unpaired) electrons. The summed E-state index contributed by atoms with van der Waals surface area (Å²) in [5, 5.41) is 35.7. The molecule has 0 aromatic heterocycles. The highest BCUT2D eigenvalue weighted by Gasteiger charge is 2.84. The molecule has 2 bridgehead atoms. The van der Waals surface area contributed by atoms with Crippen molar-refractivity contribution in [2.24, 2.45) is 5.92 Å². The van der Waals surface area contributed by atoms with Crippen LogP contribution < -0.4 is 30.7 Å². The molecule has 74 heavy (non-hydrogen) atoms. The molecule has 4 amide bonds. The number of phenols is 1. The summed E-state index contributed by atoms with van der Waals surface area (Å²) in [6.07, 6.45) is -2.14. The Kier molecular flexibility index (Phi) is 13.4. The highest BCUT2D eigenvalue weighted by Crippen LogP contribution is 2.66. The average Bonchev–Trinajstić information content (AvgIpc) is 4.09. The van der Waals surface area contributed by atoms with Crippen molar-refractivity contribution in [1.29, 1.82) is 0 Å². The number of aromatic hydroxyl groups is 1. The van der Waals surface area contributed by atoms with E-state index in [0.29, 0.717) is 51.9 Å². The number of methoxy groups -OCH3 is 2. The van der Waals surface area contributed by atoms with Crippen LogP contribution in [0.15, 0.2) is 78.9 Å². The molecule has 2 aliphatic carbocycles. The Morgan fingerprint density at radius 2 is 1.57 bits per heavy atom. The molecule has 5 aromatic rings. The van der Waals surface area contributed by atoms with Crippen LogP contribution in [0, 0.1) is 12.8 Å². The average molecular weight is 1080 g/mol. The number of rotatable bonds is 15. The molecule has 0 spiro atoms. The number of aliphatic hydroxyl groups is 1. The van der Waals surface area contributed by atoms with Gasteiger partial charge in [0.2, 0.25) is 17.6 Å². The lowest BCUT2D eigenvalue weighted by molar-refractivity contribution is -0.343. The van der Waals surface area contributed by atoms with E-state index in [9.17, 15) is 34.2 Å². The van der Waals surface area contributed by atoms with Gasteiger partial charge >= 0.3 is 12.2 Å². The van der Waals surface area contributed by atoms with Crippen molar-refractivity contribution >= 4 is 62.2 Å². The minimum atomic E-state index is -2.11. The van der Waals surface area contributed by atoms with Crippen LogP contribution >= 0.6 is 15.9 Å². The molecule has 3 heterocycles. The lowest BCUT2D eigenvalue weighted by atomic mass is 9.76. The molecule has 2 saturated heterocycles. The van der Waals surface area contributed by atoms with Crippen molar-refractivity contribution in [3.8, 4) is 28.4 Å². The molecule has 2 unspecified atom stereocenters. The highest BCUT2D eigenvalue weighted by molar-refractivity contribution is 9.09. The van der Waals surface area contributed by atoms with Crippen molar-refractivity contribution in [1.82, 2.24) is 16.0 Å². The molecule has 6 N–H and O–H groups in total. The number of carbonyl (C=O) groups is 5. The fourth-order valence-electron chi connectivity index (χ4n) is 11.3. The van der Waals surface area contributed by atoms with Crippen molar-refractivity contribution in [2.45, 2.75) is 101 Å². The number of alkyl carbamates (subject to hydrolysis) is 2. The Hall–Kier alpha value is -6.77. The molecule has 0 saturated carbocycles. The molecule has 7 atom stereocenters. The van der Waals surface area contributed by atoms with Crippen molar-refractivity contribution < 1.29 is 67.3 Å². The Balaban J connectivity index is 0.739. The van der Waals surface area contributed by atoms with E-state index in [1.54, 1.807) is 38.1 Å². The fourth-order valence-corrected chi connectivity index (χ4v) is 12.1. The molecular weight excluding hydrogens is 1020 g/mol. The van der Waals surface area contributed by atoms with Gasteiger partial charge < -0.3 is 64.6 Å². The van der Waals surface area contributed by atoms with E-state index in [1.807, 2.05) is 61.5 Å². The summed E-state index contributed by atoms with van der Waals surface area (Å²) >= 11 is 3.43. The maximum Gasteiger partial charge on any atom is 0.407 e. The number of fused-ring (bicyclic) bond motifs is 9. The van der Waals surface area contributed by atoms with E-state index in [2.05, 4.69) is 37.2 Å². The van der Waals surface area contributed by atoms with Gasteiger partial charge in [0.15, 0.2) is 17.5 Å². The van der Waals surface area contributed by atoms with Gasteiger partial charge in [0.25, 0.3) is 5.79 Å². The largest absolute Gasteiger partial charge is 0.506 e. The molecule has 2 fully saturated rings. The third-order valence-electron chi connectivity index (χ3n) is 15.0. The molecule has 5 aromatic carbocycles. The number of hydrogen-bond donors (Lipinski definition) is 6.